The van der Waals surface area contributed by atoms with Gasteiger partial charge in [0.05, 0.1) is 0 Å². The Kier molecular flexibility index (Phi) is 2.49. The van der Waals surface area contributed by atoms with Crippen molar-refractivity contribution >= 4 is 11.8 Å². The Morgan fingerprint density at radius 1 is 0.737 bits per heavy atom. The molecule has 106 valence electrons. The van der Waals surface area contributed by atoms with Crippen LogP contribution >= 0.6 is 11.8 Å². The van der Waals surface area contributed by atoms with E-state index in [1.165, 1.54) is 0 Å². The lowest BCUT2D eigenvalue weighted by Crippen LogP contribution is -2.48. The zero-order valence-electron chi connectivity index (χ0n) is 12.4. The van der Waals surface area contributed by atoms with Crippen molar-refractivity contribution in [3.05, 3.63) is 0 Å². The molecule has 0 spiro atoms. The zero-order chi connectivity index (χ0) is 12.7. The minimum atomic E-state index is 0.944. The summed E-state index contributed by atoms with van der Waals surface area (Å²) in [5.74, 6) is 8.82. The van der Waals surface area contributed by atoms with Crippen molar-refractivity contribution in [2.24, 2.45) is 47.3 Å². The fraction of sp³-hybridized carbons (Fsp3) is 1.00. The molecule has 4 bridgehead atoms. The third-order valence-corrected chi connectivity index (χ3v) is 9.80. The van der Waals surface area contributed by atoms with Crippen LogP contribution in [-0.4, -0.2) is 10.5 Å². The molecule has 0 amide bonds. The molecule has 0 aromatic rings. The molecule has 0 N–H and O–H groups in total. The molecule has 0 nitrogen and oxygen atoms in total. The fourth-order valence-corrected chi connectivity index (χ4v) is 9.84. The monoisotopic (exact) mass is 276 g/mol. The zero-order valence-corrected chi connectivity index (χ0v) is 13.2. The summed E-state index contributed by atoms with van der Waals surface area (Å²) in [5, 5.41) is 2.18. The van der Waals surface area contributed by atoms with Gasteiger partial charge in [-0.25, -0.2) is 0 Å². The van der Waals surface area contributed by atoms with Crippen molar-refractivity contribution in [1.82, 2.24) is 0 Å². The molecule has 1 heteroatoms. The number of hydrogen-bond acceptors (Lipinski definition) is 1. The molecule has 8 unspecified atom stereocenters. The lowest BCUT2D eigenvalue weighted by atomic mass is 9.64. The van der Waals surface area contributed by atoms with Gasteiger partial charge in [0.15, 0.2) is 0 Å². The summed E-state index contributed by atoms with van der Waals surface area (Å²) < 4.78 is 0. The molecule has 4 saturated carbocycles. The van der Waals surface area contributed by atoms with Crippen molar-refractivity contribution in [1.29, 1.82) is 0 Å². The van der Waals surface area contributed by atoms with Crippen molar-refractivity contribution in [2.75, 3.05) is 0 Å². The van der Waals surface area contributed by atoms with E-state index in [1.54, 1.807) is 38.5 Å². The summed E-state index contributed by atoms with van der Waals surface area (Å²) >= 11 is 2.52. The Balaban J connectivity index is 1.55. The first-order valence-electron chi connectivity index (χ1n) is 8.89. The van der Waals surface area contributed by atoms with E-state index in [2.05, 4.69) is 25.6 Å². The summed E-state index contributed by atoms with van der Waals surface area (Å²) in [6.45, 7) is 5.10. The smallest absolute Gasteiger partial charge is 0.0112 e. The highest BCUT2D eigenvalue weighted by atomic mass is 32.2. The van der Waals surface area contributed by atoms with E-state index in [1.807, 2.05) is 0 Å². The summed E-state index contributed by atoms with van der Waals surface area (Å²) in [5.41, 5.74) is 0. The molecule has 0 aromatic heterocycles. The average Bonchev–Trinajstić information content (AvgIpc) is 3.15. The summed E-state index contributed by atoms with van der Waals surface area (Å²) in [7, 11) is 0. The molecule has 0 radical (unpaired) electrons. The van der Waals surface area contributed by atoms with E-state index in [0.29, 0.717) is 0 Å². The van der Waals surface area contributed by atoms with Gasteiger partial charge in [-0.3, -0.25) is 0 Å². The van der Waals surface area contributed by atoms with Gasteiger partial charge in [0.1, 0.15) is 0 Å². The molecule has 5 aliphatic rings. The molecule has 1 aliphatic heterocycles. The van der Waals surface area contributed by atoms with Gasteiger partial charge < -0.3 is 0 Å². The second kappa shape index (κ2) is 3.96. The Morgan fingerprint density at radius 2 is 1.21 bits per heavy atom. The predicted octanol–water partition coefficient (Wildman–Crippen LogP) is 4.83. The van der Waals surface area contributed by atoms with Gasteiger partial charge in [-0.05, 0) is 85.9 Å². The number of fused-ring (bicyclic) bond motifs is 10. The topological polar surface area (TPSA) is 0 Å². The molecule has 8 atom stereocenters. The standard InChI is InChI=1S/C18H28S/c1-9(2)14-15-10-3-5-12(7-10)17(15)19-18-13-6-4-11(8-13)16(14)18/h9-18H,3-8H2,1-2H3. The Hall–Kier alpha value is 0.350. The average molecular weight is 276 g/mol. The van der Waals surface area contributed by atoms with Gasteiger partial charge in [0, 0.05) is 10.5 Å². The lowest BCUT2D eigenvalue weighted by Gasteiger charge is -2.52. The number of hydrogen-bond donors (Lipinski definition) is 0. The summed E-state index contributed by atoms with van der Waals surface area (Å²) in [6, 6.07) is 0. The van der Waals surface area contributed by atoms with Gasteiger partial charge in [0.25, 0.3) is 0 Å². The summed E-state index contributed by atoms with van der Waals surface area (Å²) in [6.07, 6.45) is 9.55. The molecule has 1 saturated heterocycles. The molecule has 19 heavy (non-hydrogen) atoms. The van der Waals surface area contributed by atoms with E-state index in [9.17, 15) is 0 Å². The first-order chi connectivity index (χ1) is 9.24. The molecule has 1 heterocycles. The first kappa shape index (κ1) is 12.0. The lowest BCUT2D eigenvalue weighted by molar-refractivity contribution is 0.0771. The normalized spacial score (nSPS) is 61.7. The van der Waals surface area contributed by atoms with Crippen LogP contribution in [0.1, 0.15) is 52.4 Å². The third-order valence-electron chi connectivity index (χ3n) is 7.78. The van der Waals surface area contributed by atoms with Gasteiger partial charge in [-0.15, -0.1) is 0 Å². The first-order valence-corrected chi connectivity index (χ1v) is 9.83. The molecule has 5 fully saturated rings. The highest BCUT2D eigenvalue weighted by molar-refractivity contribution is 8.00. The van der Waals surface area contributed by atoms with Crippen molar-refractivity contribution < 1.29 is 0 Å². The molecule has 5 rings (SSSR count). The Morgan fingerprint density at radius 3 is 1.68 bits per heavy atom. The SMILES string of the molecule is CC(C)C1C2C3CCC(C3)C2SC2C3CCC(C3)C21. The Bertz CT molecular complexity index is 357. The minimum absolute atomic E-state index is 0.944. The van der Waals surface area contributed by atoms with Crippen molar-refractivity contribution in [3.8, 4) is 0 Å². The van der Waals surface area contributed by atoms with E-state index in [-0.39, 0.29) is 0 Å². The van der Waals surface area contributed by atoms with Gasteiger partial charge in [-0.2, -0.15) is 11.8 Å². The van der Waals surface area contributed by atoms with Crippen LogP contribution < -0.4 is 0 Å². The highest BCUT2D eigenvalue weighted by Gasteiger charge is 2.62. The van der Waals surface area contributed by atoms with Crippen LogP contribution in [0.5, 0.6) is 0 Å². The maximum atomic E-state index is 2.55. The van der Waals surface area contributed by atoms with Crippen LogP contribution in [0.2, 0.25) is 0 Å². The van der Waals surface area contributed by atoms with E-state index in [0.717, 1.165) is 57.8 Å². The molecular formula is C18H28S. The van der Waals surface area contributed by atoms with Crippen LogP contribution in [0.25, 0.3) is 0 Å². The quantitative estimate of drug-likeness (QED) is 0.660. The van der Waals surface area contributed by atoms with Crippen LogP contribution in [0.15, 0.2) is 0 Å². The number of thioether (sulfide) groups is 1. The van der Waals surface area contributed by atoms with Crippen molar-refractivity contribution in [2.45, 2.75) is 62.9 Å². The van der Waals surface area contributed by atoms with Crippen molar-refractivity contribution in [3.63, 3.8) is 0 Å². The molecule has 4 aliphatic carbocycles. The van der Waals surface area contributed by atoms with Crippen LogP contribution in [0.3, 0.4) is 0 Å². The maximum Gasteiger partial charge on any atom is 0.0112 e. The van der Waals surface area contributed by atoms with Crippen LogP contribution in [-0.2, 0) is 0 Å². The summed E-state index contributed by atoms with van der Waals surface area (Å²) in [4.78, 5) is 0. The molecule has 0 aromatic carbocycles. The third kappa shape index (κ3) is 1.44. The minimum Gasteiger partial charge on any atom is -0.154 e. The van der Waals surface area contributed by atoms with E-state index >= 15 is 0 Å². The van der Waals surface area contributed by atoms with Crippen LogP contribution in [0, 0.1) is 47.3 Å². The fourth-order valence-electron chi connectivity index (χ4n) is 7.36. The van der Waals surface area contributed by atoms with Gasteiger partial charge in [-0.1, -0.05) is 13.8 Å². The van der Waals surface area contributed by atoms with Gasteiger partial charge in [0.2, 0.25) is 0 Å². The highest BCUT2D eigenvalue weighted by Crippen LogP contribution is 2.69. The molecular weight excluding hydrogens is 248 g/mol. The van der Waals surface area contributed by atoms with E-state index < -0.39 is 0 Å². The van der Waals surface area contributed by atoms with E-state index in [4.69, 9.17) is 0 Å². The van der Waals surface area contributed by atoms with Gasteiger partial charge >= 0.3 is 0 Å². The number of rotatable bonds is 1. The maximum absolute atomic E-state index is 2.55. The second-order valence-electron chi connectivity index (χ2n) is 8.71. The largest absolute Gasteiger partial charge is 0.154 e. The van der Waals surface area contributed by atoms with Crippen LogP contribution in [0.4, 0.5) is 0 Å². The predicted molar refractivity (Wildman–Crippen MR) is 82.1 cm³/mol. The second-order valence-corrected chi connectivity index (χ2v) is 10.1. The Labute approximate surface area is 122 Å².